The van der Waals surface area contributed by atoms with Crippen LogP contribution in [-0.2, 0) is 0 Å². The highest BCUT2D eigenvalue weighted by Gasteiger charge is 2.08. The van der Waals surface area contributed by atoms with E-state index in [-0.39, 0.29) is 0 Å². The standard InChI is InChI=1S/C13H19N7/c1-8-5-6-9(2)10(7-8)15-11-16-12(19-14)18-13(17-11)20(3)4/h5-7H,14H2,1-4H3,(H2,15,16,17,18,19). The zero-order chi connectivity index (χ0) is 14.7. The van der Waals surface area contributed by atoms with E-state index in [4.69, 9.17) is 5.84 Å². The molecule has 20 heavy (non-hydrogen) atoms. The average Bonchev–Trinajstić information content (AvgIpc) is 2.42. The zero-order valence-corrected chi connectivity index (χ0v) is 12.1. The molecule has 0 aliphatic rings. The minimum absolute atomic E-state index is 0.316. The van der Waals surface area contributed by atoms with Crippen molar-refractivity contribution in [3.05, 3.63) is 29.3 Å². The van der Waals surface area contributed by atoms with Gasteiger partial charge in [0.25, 0.3) is 0 Å². The molecule has 7 nitrogen and oxygen atoms in total. The van der Waals surface area contributed by atoms with E-state index < -0.39 is 0 Å². The molecule has 0 fully saturated rings. The smallest absolute Gasteiger partial charge is 0.243 e. The van der Waals surface area contributed by atoms with Gasteiger partial charge in [-0.1, -0.05) is 12.1 Å². The minimum Gasteiger partial charge on any atom is -0.347 e. The van der Waals surface area contributed by atoms with Crippen LogP contribution in [0.5, 0.6) is 0 Å². The number of aromatic nitrogens is 3. The molecule has 0 aliphatic heterocycles. The Morgan fingerprint density at radius 2 is 1.75 bits per heavy atom. The third kappa shape index (κ3) is 3.12. The number of nitrogens with two attached hydrogens (primary N) is 1. The summed E-state index contributed by atoms with van der Waals surface area (Å²) in [5.41, 5.74) is 5.69. The Bertz CT molecular complexity index is 610. The normalized spacial score (nSPS) is 10.2. The molecule has 0 aliphatic carbocycles. The number of aryl methyl sites for hydroxylation is 2. The molecule has 0 amide bonds. The SMILES string of the molecule is Cc1ccc(C)c(Nc2nc(NN)nc(N(C)C)n2)c1. The number of benzene rings is 1. The topological polar surface area (TPSA) is 92.0 Å². The van der Waals surface area contributed by atoms with Gasteiger partial charge in [0.05, 0.1) is 0 Å². The van der Waals surface area contributed by atoms with E-state index in [0.29, 0.717) is 17.8 Å². The molecule has 2 rings (SSSR count). The van der Waals surface area contributed by atoms with Crippen molar-refractivity contribution in [1.82, 2.24) is 15.0 Å². The first kappa shape index (κ1) is 14.0. The molecule has 0 bridgehead atoms. The second-order valence-electron chi connectivity index (χ2n) is 4.76. The van der Waals surface area contributed by atoms with Crippen molar-refractivity contribution in [3.63, 3.8) is 0 Å². The lowest BCUT2D eigenvalue weighted by molar-refractivity contribution is 0.956. The van der Waals surface area contributed by atoms with Crippen LogP contribution in [0.3, 0.4) is 0 Å². The maximum absolute atomic E-state index is 5.39. The van der Waals surface area contributed by atoms with E-state index in [1.54, 1.807) is 4.90 Å². The van der Waals surface area contributed by atoms with Gasteiger partial charge in [-0.25, -0.2) is 5.84 Å². The number of nitrogen functional groups attached to an aromatic ring is 1. The Morgan fingerprint density at radius 1 is 1.05 bits per heavy atom. The zero-order valence-electron chi connectivity index (χ0n) is 12.1. The summed E-state index contributed by atoms with van der Waals surface area (Å²) in [6.07, 6.45) is 0. The van der Waals surface area contributed by atoms with E-state index in [0.717, 1.165) is 16.8 Å². The van der Waals surface area contributed by atoms with Gasteiger partial charge in [-0.3, -0.25) is 5.43 Å². The fourth-order valence-corrected chi connectivity index (χ4v) is 1.68. The lowest BCUT2D eigenvalue weighted by Crippen LogP contribution is -2.18. The quantitative estimate of drug-likeness (QED) is 0.575. The van der Waals surface area contributed by atoms with E-state index in [1.807, 2.05) is 40.1 Å². The van der Waals surface area contributed by atoms with Gasteiger partial charge in [0.15, 0.2) is 0 Å². The predicted octanol–water partition coefficient (Wildman–Crippen LogP) is 1.58. The van der Waals surface area contributed by atoms with Gasteiger partial charge in [-0.2, -0.15) is 15.0 Å². The molecule has 106 valence electrons. The first-order valence-electron chi connectivity index (χ1n) is 6.24. The molecule has 0 radical (unpaired) electrons. The number of rotatable bonds is 4. The molecule has 4 N–H and O–H groups in total. The van der Waals surface area contributed by atoms with Gasteiger partial charge in [-0.15, -0.1) is 0 Å². The number of anilines is 4. The summed E-state index contributed by atoms with van der Waals surface area (Å²) in [4.78, 5) is 14.5. The van der Waals surface area contributed by atoms with Crippen LogP contribution in [0.4, 0.5) is 23.5 Å². The summed E-state index contributed by atoms with van der Waals surface area (Å²) in [6.45, 7) is 4.06. The molecule has 2 aromatic rings. The number of hydrazine groups is 1. The number of hydrogen-bond acceptors (Lipinski definition) is 7. The van der Waals surface area contributed by atoms with Crippen LogP contribution in [-0.4, -0.2) is 29.0 Å². The van der Waals surface area contributed by atoms with E-state index in [1.165, 1.54) is 0 Å². The molecule has 1 aromatic heterocycles. The second-order valence-corrected chi connectivity index (χ2v) is 4.76. The first-order valence-corrected chi connectivity index (χ1v) is 6.24. The van der Waals surface area contributed by atoms with Crippen molar-refractivity contribution in [2.75, 3.05) is 29.7 Å². The van der Waals surface area contributed by atoms with Crippen LogP contribution in [0.1, 0.15) is 11.1 Å². The molecule has 0 spiro atoms. The molecule has 0 saturated heterocycles. The summed E-state index contributed by atoms with van der Waals surface area (Å²) < 4.78 is 0. The van der Waals surface area contributed by atoms with Crippen molar-refractivity contribution < 1.29 is 0 Å². The van der Waals surface area contributed by atoms with Crippen LogP contribution >= 0.6 is 0 Å². The Balaban J connectivity index is 2.37. The average molecular weight is 273 g/mol. The molecule has 0 unspecified atom stereocenters. The van der Waals surface area contributed by atoms with Crippen LogP contribution in [0.25, 0.3) is 0 Å². The van der Waals surface area contributed by atoms with Crippen LogP contribution < -0.4 is 21.5 Å². The van der Waals surface area contributed by atoms with Gasteiger partial charge in [0.1, 0.15) is 0 Å². The summed E-state index contributed by atoms with van der Waals surface area (Å²) >= 11 is 0. The Hall–Kier alpha value is -2.41. The maximum atomic E-state index is 5.39. The number of nitrogens with one attached hydrogen (secondary N) is 2. The van der Waals surface area contributed by atoms with Gasteiger partial charge in [-0.05, 0) is 31.0 Å². The largest absolute Gasteiger partial charge is 0.347 e. The molecule has 1 aromatic carbocycles. The molecule has 7 heteroatoms. The molecular formula is C13H19N7. The lowest BCUT2D eigenvalue weighted by Gasteiger charge is -2.14. The number of hydrogen-bond donors (Lipinski definition) is 3. The highest BCUT2D eigenvalue weighted by molar-refractivity contribution is 5.60. The molecule has 1 heterocycles. The summed E-state index contributed by atoms with van der Waals surface area (Å²) in [5.74, 6) is 6.68. The molecule has 0 atom stereocenters. The van der Waals surface area contributed by atoms with Crippen molar-refractivity contribution in [2.45, 2.75) is 13.8 Å². The van der Waals surface area contributed by atoms with Crippen molar-refractivity contribution >= 4 is 23.5 Å². The highest BCUT2D eigenvalue weighted by Crippen LogP contribution is 2.21. The van der Waals surface area contributed by atoms with Gasteiger partial charge in [0.2, 0.25) is 17.8 Å². The maximum Gasteiger partial charge on any atom is 0.243 e. The Kier molecular flexibility index (Phi) is 3.99. The fraction of sp³-hybridized carbons (Fsp3) is 0.308. The van der Waals surface area contributed by atoms with Crippen LogP contribution in [0.2, 0.25) is 0 Å². The Morgan fingerprint density at radius 3 is 2.40 bits per heavy atom. The summed E-state index contributed by atoms with van der Waals surface area (Å²) in [6, 6.07) is 6.16. The summed E-state index contributed by atoms with van der Waals surface area (Å²) in [5, 5.41) is 3.20. The third-order valence-electron chi connectivity index (χ3n) is 2.79. The van der Waals surface area contributed by atoms with Crippen molar-refractivity contribution in [2.24, 2.45) is 5.84 Å². The number of nitrogens with zero attached hydrogens (tertiary/aromatic N) is 4. The van der Waals surface area contributed by atoms with E-state index in [2.05, 4.69) is 31.8 Å². The van der Waals surface area contributed by atoms with Gasteiger partial charge in [0, 0.05) is 19.8 Å². The van der Waals surface area contributed by atoms with Crippen molar-refractivity contribution in [1.29, 1.82) is 0 Å². The van der Waals surface area contributed by atoms with E-state index in [9.17, 15) is 0 Å². The Labute approximate surface area is 118 Å². The lowest BCUT2D eigenvalue weighted by atomic mass is 10.1. The minimum atomic E-state index is 0.316. The van der Waals surface area contributed by atoms with Gasteiger partial charge >= 0.3 is 0 Å². The molecular weight excluding hydrogens is 254 g/mol. The third-order valence-corrected chi connectivity index (χ3v) is 2.79. The summed E-state index contributed by atoms with van der Waals surface area (Å²) in [7, 11) is 3.72. The second kappa shape index (κ2) is 5.70. The fourth-order valence-electron chi connectivity index (χ4n) is 1.68. The first-order chi connectivity index (χ1) is 9.49. The van der Waals surface area contributed by atoms with Gasteiger partial charge < -0.3 is 10.2 Å². The molecule has 0 saturated carbocycles. The van der Waals surface area contributed by atoms with Crippen molar-refractivity contribution in [3.8, 4) is 0 Å². The van der Waals surface area contributed by atoms with Crippen LogP contribution in [0.15, 0.2) is 18.2 Å². The monoisotopic (exact) mass is 273 g/mol. The predicted molar refractivity (Wildman–Crippen MR) is 81.2 cm³/mol. The highest BCUT2D eigenvalue weighted by atomic mass is 15.4. The van der Waals surface area contributed by atoms with E-state index >= 15 is 0 Å². The van der Waals surface area contributed by atoms with Crippen LogP contribution in [0, 0.1) is 13.8 Å².